The van der Waals surface area contributed by atoms with Gasteiger partial charge in [0.05, 0.1) is 0 Å². The molecule has 1 aromatic rings. The second-order valence-corrected chi connectivity index (χ2v) is 18.3. The Balaban J connectivity index is 2.43. The summed E-state index contributed by atoms with van der Waals surface area (Å²) in [5, 5.41) is 0.145. The molecule has 2 N–H and O–H groups in total. The molecule has 0 bridgehead atoms. The number of carbonyl (C=O) groups is 1. The number of likely N-dealkylation sites (tertiary alicyclic amines) is 1. The highest BCUT2D eigenvalue weighted by atomic mass is 28.4. The number of rotatable bonds is 11. The van der Waals surface area contributed by atoms with Crippen molar-refractivity contribution in [2.75, 3.05) is 6.61 Å². The van der Waals surface area contributed by atoms with Gasteiger partial charge in [-0.2, -0.15) is 0 Å². The van der Waals surface area contributed by atoms with Crippen molar-refractivity contribution in [2.24, 2.45) is 17.6 Å². The number of hydrogen-bond acceptors (Lipinski definition) is 5. The van der Waals surface area contributed by atoms with Crippen LogP contribution in [0.1, 0.15) is 86.6 Å². The van der Waals surface area contributed by atoms with Gasteiger partial charge >= 0.3 is 5.97 Å². The van der Waals surface area contributed by atoms with Crippen LogP contribution in [-0.2, 0) is 20.5 Å². The number of carbonyl (C=O) groups excluding carboxylic acids is 1. The third-order valence-corrected chi connectivity index (χ3v) is 12.7. The molecule has 1 fully saturated rings. The van der Waals surface area contributed by atoms with E-state index in [1.165, 1.54) is 5.56 Å². The fraction of sp³-hybridized carbons (Fsp3) is 0.767. The van der Waals surface area contributed by atoms with E-state index in [0.717, 1.165) is 32.2 Å². The van der Waals surface area contributed by atoms with Gasteiger partial charge in [0.2, 0.25) is 0 Å². The summed E-state index contributed by atoms with van der Waals surface area (Å²) in [6, 6.07) is 10.5. The normalized spacial score (nSPS) is 23.5. The Kier molecular flexibility index (Phi) is 10.8. The lowest BCUT2D eigenvalue weighted by Crippen LogP contribution is -2.46. The standard InChI is InChI=1S/C30H54N2O3Si/c1-11-15-24(22(2)31)18-26-25(21-34-36(9,10)30(6,7)8)19-27(28(33)35-29(3,4)5)32(26)20-23-16-13-12-14-17-23/h12-14,16-17,22,24-27H,11,15,18-21,31H2,1-10H3/t22?,24?,25-,26+,27+/m0/s1. The van der Waals surface area contributed by atoms with Gasteiger partial charge in [0.15, 0.2) is 8.32 Å². The van der Waals surface area contributed by atoms with Crippen LogP contribution in [-0.4, -0.2) is 49.5 Å². The van der Waals surface area contributed by atoms with E-state index in [2.05, 4.69) is 76.9 Å². The van der Waals surface area contributed by atoms with E-state index in [-0.39, 0.29) is 35.1 Å². The monoisotopic (exact) mass is 518 g/mol. The van der Waals surface area contributed by atoms with Crippen molar-refractivity contribution in [1.29, 1.82) is 0 Å². The van der Waals surface area contributed by atoms with E-state index in [9.17, 15) is 4.79 Å². The summed E-state index contributed by atoms with van der Waals surface area (Å²) < 4.78 is 12.7. The van der Waals surface area contributed by atoms with Crippen molar-refractivity contribution < 1.29 is 14.0 Å². The van der Waals surface area contributed by atoms with E-state index in [1.54, 1.807) is 0 Å². The molecule has 206 valence electrons. The number of ether oxygens (including phenoxy) is 1. The number of esters is 1. The van der Waals surface area contributed by atoms with Crippen molar-refractivity contribution in [3.05, 3.63) is 35.9 Å². The van der Waals surface area contributed by atoms with Crippen LogP contribution in [0, 0.1) is 11.8 Å². The summed E-state index contributed by atoms with van der Waals surface area (Å²) >= 11 is 0. The van der Waals surface area contributed by atoms with E-state index in [4.69, 9.17) is 14.9 Å². The van der Waals surface area contributed by atoms with Crippen LogP contribution in [0.4, 0.5) is 0 Å². The zero-order valence-corrected chi connectivity index (χ0v) is 25.8. The zero-order valence-electron chi connectivity index (χ0n) is 24.8. The topological polar surface area (TPSA) is 64.8 Å². The zero-order chi connectivity index (χ0) is 27.3. The smallest absolute Gasteiger partial charge is 0.323 e. The third-order valence-electron chi connectivity index (χ3n) is 8.20. The molecule has 0 aromatic heterocycles. The van der Waals surface area contributed by atoms with Gasteiger partial charge in [0.1, 0.15) is 11.6 Å². The van der Waals surface area contributed by atoms with E-state index in [1.807, 2.05) is 26.8 Å². The van der Waals surface area contributed by atoms with Crippen molar-refractivity contribution in [3.63, 3.8) is 0 Å². The third kappa shape index (κ3) is 8.68. The molecular weight excluding hydrogens is 464 g/mol. The highest BCUT2D eigenvalue weighted by molar-refractivity contribution is 6.74. The first-order valence-corrected chi connectivity index (χ1v) is 16.9. The Labute approximate surface area is 222 Å². The molecule has 1 saturated heterocycles. The average Bonchev–Trinajstić information content (AvgIpc) is 3.08. The Morgan fingerprint density at radius 3 is 2.25 bits per heavy atom. The van der Waals surface area contributed by atoms with Gasteiger partial charge in [-0.25, -0.2) is 0 Å². The molecule has 0 amide bonds. The molecule has 0 saturated carbocycles. The van der Waals surface area contributed by atoms with Crippen LogP contribution >= 0.6 is 0 Å². The summed E-state index contributed by atoms with van der Waals surface area (Å²) in [4.78, 5) is 15.9. The Morgan fingerprint density at radius 2 is 1.75 bits per heavy atom. The van der Waals surface area contributed by atoms with Crippen molar-refractivity contribution in [2.45, 2.75) is 129 Å². The summed E-state index contributed by atoms with van der Waals surface area (Å²) in [6.07, 6.45) is 3.94. The molecule has 5 nitrogen and oxygen atoms in total. The van der Waals surface area contributed by atoms with E-state index in [0.29, 0.717) is 12.5 Å². The van der Waals surface area contributed by atoms with Crippen LogP contribution in [0.3, 0.4) is 0 Å². The number of benzene rings is 1. The van der Waals surface area contributed by atoms with E-state index >= 15 is 0 Å². The van der Waals surface area contributed by atoms with Gasteiger partial charge < -0.3 is 14.9 Å². The van der Waals surface area contributed by atoms with Gasteiger partial charge in [-0.1, -0.05) is 64.4 Å². The molecule has 0 spiro atoms. The van der Waals surface area contributed by atoms with Crippen molar-refractivity contribution in [1.82, 2.24) is 4.90 Å². The maximum absolute atomic E-state index is 13.5. The fourth-order valence-corrected chi connectivity index (χ4v) is 6.08. The molecule has 0 radical (unpaired) electrons. The van der Waals surface area contributed by atoms with Gasteiger partial charge in [0, 0.05) is 25.2 Å². The number of nitrogens with zero attached hydrogens (tertiary/aromatic N) is 1. The largest absolute Gasteiger partial charge is 0.459 e. The lowest BCUT2D eigenvalue weighted by atomic mass is 9.85. The predicted octanol–water partition coefficient (Wildman–Crippen LogP) is 6.76. The fourth-order valence-electron chi connectivity index (χ4n) is 5.02. The molecule has 1 aliphatic heterocycles. The molecule has 5 atom stereocenters. The Bertz CT molecular complexity index is 814. The van der Waals surface area contributed by atoms with Gasteiger partial charge in [0.25, 0.3) is 0 Å². The molecule has 1 heterocycles. The van der Waals surface area contributed by atoms with Crippen LogP contribution in [0.5, 0.6) is 0 Å². The number of hydrogen-bond donors (Lipinski definition) is 1. The van der Waals surface area contributed by atoms with Crippen LogP contribution in [0.25, 0.3) is 0 Å². The van der Waals surface area contributed by atoms with Crippen molar-refractivity contribution in [3.8, 4) is 0 Å². The minimum atomic E-state index is -1.92. The Morgan fingerprint density at radius 1 is 1.14 bits per heavy atom. The van der Waals surface area contributed by atoms with Crippen LogP contribution < -0.4 is 5.73 Å². The molecular formula is C30H54N2O3Si. The minimum Gasteiger partial charge on any atom is -0.459 e. The lowest BCUT2D eigenvalue weighted by Gasteiger charge is -2.39. The summed E-state index contributed by atoms with van der Waals surface area (Å²) in [5.74, 6) is 0.551. The van der Waals surface area contributed by atoms with Gasteiger partial charge in [-0.3, -0.25) is 9.69 Å². The first-order valence-electron chi connectivity index (χ1n) is 14.0. The molecule has 2 rings (SSSR count). The number of nitrogens with two attached hydrogens (primary N) is 1. The molecule has 1 aliphatic rings. The molecule has 6 heteroatoms. The van der Waals surface area contributed by atoms with E-state index < -0.39 is 13.9 Å². The van der Waals surface area contributed by atoms with Crippen LogP contribution in [0.2, 0.25) is 18.1 Å². The first-order chi connectivity index (χ1) is 16.6. The molecule has 0 aliphatic carbocycles. The lowest BCUT2D eigenvalue weighted by molar-refractivity contribution is -0.161. The molecule has 1 aromatic carbocycles. The second-order valence-electron chi connectivity index (χ2n) is 13.5. The first kappa shape index (κ1) is 31.0. The highest BCUT2D eigenvalue weighted by Crippen LogP contribution is 2.41. The van der Waals surface area contributed by atoms with Crippen molar-refractivity contribution >= 4 is 14.3 Å². The summed E-state index contributed by atoms with van der Waals surface area (Å²) in [7, 11) is -1.92. The van der Waals surface area contributed by atoms with Gasteiger partial charge in [-0.15, -0.1) is 0 Å². The second kappa shape index (κ2) is 12.6. The minimum absolute atomic E-state index is 0.117. The molecule has 2 unspecified atom stereocenters. The maximum atomic E-state index is 13.5. The maximum Gasteiger partial charge on any atom is 0.323 e. The average molecular weight is 519 g/mol. The SMILES string of the molecule is CCCC(C[C@@H]1[C@H](CO[Si](C)(C)C(C)(C)C)C[C@H](C(=O)OC(C)(C)C)N1Cc1ccccc1)C(C)N. The highest BCUT2D eigenvalue weighted by Gasteiger charge is 2.48. The Hall–Kier alpha value is -1.21. The quantitative estimate of drug-likeness (QED) is 0.259. The predicted molar refractivity (Wildman–Crippen MR) is 153 cm³/mol. The summed E-state index contributed by atoms with van der Waals surface area (Å²) in [6.45, 7) is 23.1. The summed E-state index contributed by atoms with van der Waals surface area (Å²) in [5.41, 5.74) is 7.19. The molecule has 36 heavy (non-hydrogen) atoms. The van der Waals surface area contributed by atoms with Gasteiger partial charge in [-0.05, 0) is 82.5 Å². The van der Waals surface area contributed by atoms with Crippen LogP contribution in [0.15, 0.2) is 30.3 Å².